The molecule has 5 nitrogen and oxygen atoms in total. The van der Waals surface area contributed by atoms with Gasteiger partial charge in [0.15, 0.2) is 0 Å². The van der Waals surface area contributed by atoms with Gasteiger partial charge in [-0.3, -0.25) is 4.79 Å². The molecule has 1 amide bonds. The third-order valence-corrected chi connectivity index (χ3v) is 2.16. The minimum atomic E-state index is -0.157. The van der Waals surface area contributed by atoms with E-state index in [1.807, 2.05) is 0 Å². The van der Waals surface area contributed by atoms with E-state index < -0.39 is 0 Å². The minimum Gasteiger partial charge on any atom is -0.393 e. The molecule has 0 aliphatic carbocycles. The van der Waals surface area contributed by atoms with E-state index in [1.54, 1.807) is 0 Å². The van der Waals surface area contributed by atoms with E-state index in [1.165, 1.54) is 18.7 Å². The molecule has 1 aromatic rings. The fraction of sp³-hybridized carbons (Fsp3) is 0.400. The molecule has 1 heterocycles. The van der Waals surface area contributed by atoms with E-state index in [0.717, 1.165) is 19.3 Å². The highest BCUT2D eigenvalue weighted by molar-refractivity contribution is 7.80. The zero-order valence-corrected chi connectivity index (χ0v) is 9.67. The van der Waals surface area contributed by atoms with Crippen molar-refractivity contribution < 1.29 is 4.79 Å². The maximum atomic E-state index is 11.5. The third kappa shape index (κ3) is 4.79. The highest BCUT2D eigenvalue weighted by Crippen LogP contribution is 1.96. The summed E-state index contributed by atoms with van der Waals surface area (Å²) < 4.78 is 0. The Morgan fingerprint density at radius 1 is 1.38 bits per heavy atom. The summed E-state index contributed by atoms with van der Waals surface area (Å²) in [6, 6.07) is 0. The highest BCUT2D eigenvalue weighted by atomic mass is 32.1. The van der Waals surface area contributed by atoms with Crippen molar-refractivity contribution in [1.82, 2.24) is 15.3 Å². The van der Waals surface area contributed by atoms with Crippen molar-refractivity contribution in [2.24, 2.45) is 5.73 Å². The van der Waals surface area contributed by atoms with Crippen LogP contribution in [0.5, 0.6) is 0 Å². The molecule has 1 rings (SSSR count). The average molecular weight is 238 g/mol. The third-order valence-electron chi connectivity index (χ3n) is 1.96. The van der Waals surface area contributed by atoms with E-state index in [9.17, 15) is 4.79 Å². The number of aromatic nitrogens is 2. The molecule has 86 valence electrons. The Balaban J connectivity index is 2.19. The predicted molar refractivity (Wildman–Crippen MR) is 65.0 cm³/mol. The predicted octanol–water partition coefficient (Wildman–Crippen LogP) is 0.663. The zero-order chi connectivity index (χ0) is 11.8. The molecule has 0 fully saturated rings. The van der Waals surface area contributed by atoms with E-state index >= 15 is 0 Å². The van der Waals surface area contributed by atoms with Crippen molar-refractivity contribution in [3.05, 3.63) is 24.3 Å². The van der Waals surface area contributed by atoms with E-state index in [-0.39, 0.29) is 5.91 Å². The van der Waals surface area contributed by atoms with Crippen LogP contribution in [0.15, 0.2) is 18.7 Å². The molecule has 3 N–H and O–H groups in total. The molecule has 0 aromatic carbocycles. The Labute approximate surface area is 99.5 Å². The quantitative estimate of drug-likeness (QED) is 0.562. The first-order valence-corrected chi connectivity index (χ1v) is 5.42. The summed E-state index contributed by atoms with van der Waals surface area (Å²) in [6.07, 6.45) is 6.82. The van der Waals surface area contributed by atoms with Crippen molar-refractivity contribution in [2.45, 2.75) is 19.3 Å². The van der Waals surface area contributed by atoms with Crippen molar-refractivity contribution >= 4 is 23.1 Å². The number of hydrogen-bond acceptors (Lipinski definition) is 4. The molecule has 0 bridgehead atoms. The van der Waals surface area contributed by atoms with Gasteiger partial charge in [-0.1, -0.05) is 12.2 Å². The molecule has 0 unspecified atom stereocenters. The van der Waals surface area contributed by atoms with Crippen LogP contribution in [0.4, 0.5) is 0 Å². The number of amides is 1. The number of unbranched alkanes of at least 4 members (excludes halogenated alkanes) is 1. The zero-order valence-electron chi connectivity index (χ0n) is 8.85. The van der Waals surface area contributed by atoms with Crippen molar-refractivity contribution in [3.63, 3.8) is 0 Å². The van der Waals surface area contributed by atoms with Gasteiger partial charge in [-0.05, 0) is 19.3 Å². The van der Waals surface area contributed by atoms with Gasteiger partial charge in [-0.25, -0.2) is 9.97 Å². The number of hydrogen-bond donors (Lipinski definition) is 2. The first-order valence-electron chi connectivity index (χ1n) is 5.01. The Bertz CT molecular complexity index is 355. The molecule has 1 aromatic heterocycles. The Kier molecular flexibility index (Phi) is 5.35. The largest absolute Gasteiger partial charge is 0.393 e. The number of nitrogens with one attached hydrogen (secondary N) is 1. The molecule has 0 saturated carbocycles. The lowest BCUT2D eigenvalue weighted by atomic mass is 10.2. The second kappa shape index (κ2) is 6.84. The average Bonchev–Trinajstić information content (AvgIpc) is 2.29. The molecule has 0 aliphatic rings. The molecular weight excluding hydrogens is 224 g/mol. The molecule has 0 radical (unpaired) electrons. The monoisotopic (exact) mass is 238 g/mol. The lowest BCUT2D eigenvalue weighted by molar-refractivity contribution is 0.0952. The molecule has 0 spiro atoms. The first-order chi connectivity index (χ1) is 7.70. The summed E-state index contributed by atoms with van der Waals surface area (Å²) in [7, 11) is 0. The molecule has 0 saturated heterocycles. The van der Waals surface area contributed by atoms with E-state index in [4.69, 9.17) is 18.0 Å². The Morgan fingerprint density at radius 2 is 2.06 bits per heavy atom. The molecule has 0 atom stereocenters. The van der Waals surface area contributed by atoms with E-state index in [2.05, 4.69) is 15.3 Å². The summed E-state index contributed by atoms with van der Waals surface area (Å²) in [5.41, 5.74) is 5.82. The molecule has 6 heteroatoms. The van der Waals surface area contributed by atoms with Gasteiger partial charge in [0.1, 0.15) is 6.33 Å². The van der Waals surface area contributed by atoms with Gasteiger partial charge in [-0.15, -0.1) is 0 Å². The normalized spacial score (nSPS) is 9.75. The number of nitrogens with zero attached hydrogens (tertiary/aromatic N) is 2. The van der Waals surface area contributed by atoms with Crippen molar-refractivity contribution in [1.29, 1.82) is 0 Å². The van der Waals surface area contributed by atoms with Gasteiger partial charge >= 0.3 is 0 Å². The lowest BCUT2D eigenvalue weighted by Gasteiger charge is -2.03. The van der Waals surface area contributed by atoms with Gasteiger partial charge in [0.25, 0.3) is 5.91 Å². The standard InChI is InChI=1S/C10H14N4OS/c11-9(16)3-1-2-4-14-10(15)8-5-12-7-13-6-8/h5-7H,1-4H2,(H2,11,16)(H,14,15). The SMILES string of the molecule is NC(=S)CCCCNC(=O)c1cncnc1. The lowest BCUT2D eigenvalue weighted by Crippen LogP contribution is -2.24. The van der Waals surface area contributed by atoms with Crippen molar-refractivity contribution in [3.8, 4) is 0 Å². The minimum absolute atomic E-state index is 0.157. The van der Waals surface area contributed by atoms with Gasteiger partial charge in [0.05, 0.1) is 10.6 Å². The van der Waals surface area contributed by atoms with Crippen LogP contribution in [0.1, 0.15) is 29.6 Å². The topological polar surface area (TPSA) is 80.9 Å². The van der Waals surface area contributed by atoms with Gasteiger partial charge in [0.2, 0.25) is 0 Å². The Hall–Kier alpha value is -1.56. The summed E-state index contributed by atoms with van der Waals surface area (Å²) in [4.78, 5) is 19.6. The number of rotatable bonds is 6. The highest BCUT2D eigenvalue weighted by Gasteiger charge is 2.03. The summed E-state index contributed by atoms with van der Waals surface area (Å²) in [5, 5.41) is 2.77. The summed E-state index contributed by atoms with van der Waals surface area (Å²) in [6.45, 7) is 0.607. The van der Waals surface area contributed by atoms with Gasteiger partial charge in [0, 0.05) is 18.9 Å². The number of carbonyl (C=O) groups is 1. The van der Waals surface area contributed by atoms with E-state index in [0.29, 0.717) is 17.1 Å². The number of thiocarbonyl (C=S) groups is 1. The van der Waals surface area contributed by atoms with Crippen LogP contribution >= 0.6 is 12.2 Å². The van der Waals surface area contributed by atoms with Crippen LogP contribution in [0.25, 0.3) is 0 Å². The smallest absolute Gasteiger partial charge is 0.254 e. The fourth-order valence-electron chi connectivity index (χ4n) is 1.14. The maximum Gasteiger partial charge on any atom is 0.254 e. The van der Waals surface area contributed by atoms with Gasteiger partial charge in [-0.2, -0.15) is 0 Å². The van der Waals surface area contributed by atoms with Crippen LogP contribution in [-0.2, 0) is 0 Å². The first kappa shape index (κ1) is 12.5. The maximum absolute atomic E-state index is 11.5. The van der Waals surface area contributed by atoms with Crippen LogP contribution in [-0.4, -0.2) is 27.4 Å². The molecular formula is C10H14N4OS. The van der Waals surface area contributed by atoms with Gasteiger partial charge < -0.3 is 11.1 Å². The number of nitrogens with two attached hydrogens (primary N) is 1. The fourth-order valence-corrected chi connectivity index (χ4v) is 1.29. The summed E-state index contributed by atoms with van der Waals surface area (Å²) >= 11 is 4.75. The second-order valence-corrected chi connectivity index (χ2v) is 3.83. The van der Waals surface area contributed by atoms with Crippen LogP contribution in [0.2, 0.25) is 0 Å². The molecule has 16 heavy (non-hydrogen) atoms. The van der Waals surface area contributed by atoms with Crippen LogP contribution in [0, 0.1) is 0 Å². The number of carbonyl (C=O) groups excluding carboxylic acids is 1. The van der Waals surface area contributed by atoms with Crippen LogP contribution in [0.3, 0.4) is 0 Å². The van der Waals surface area contributed by atoms with Crippen LogP contribution < -0.4 is 11.1 Å². The molecule has 0 aliphatic heterocycles. The summed E-state index contributed by atoms with van der Waals surface area (Å²) in [5.74, 6) is -0.157. The second-order valence-electron chi connectivity index (χ2n) is 3.31. The van der Waals surface area contributed by atoms with Crippen molar-refractivity contribution in [2.75, 3.05) is 6.54 Å². The Morgan fingerprint density at radius 3 is 2.69 bits per heavy atom.